The van der Waals surface area contributed by atoms with Crippen LogP contribution in [0.2, 0.25) is 5.02 Å². The molecule has 0 atom stereocenters. The lowest BCUT2D eigenvalue weighted by molar-refractivity contribution is 1.40. The minimum absolute atomic E-state index is 0.576. The molecule has 1 nitrogen and oxygen atoms in total. The molecule has 0 radical (unpaired) electrons. The van der Waals surface area contributed by atoms with Gasteiger partial charge in [0.15, 0.2) is 0 Å². The lowest BCUT2D eigenvalue weighted by Crippen LogP contribution is -1.80. The van der Waals surface area contributed by atoms with Crippen LogP contribution in [0.1, 0.15) is 11.1 Å². The SMILES string of the molecule is Cc1c(Cl)cc(C#N)cc1Br. The van der Waals surface area contributed by atoms with Gasteiger partial charge in [0.25, 0.3) is 0 Å². The molecule has 56 valence electrons. The minimum Gasteiger partial charge on any atom is -0.192 e. The van der Waals surface area contributed by atoms with E-state index in [2.05, 4.69) is 15.9 Å². The van der Waals surface area contributed by atoms with Gasteiger partial charge in [-0.2, -0.15) is 5.26 Å². The summed E-state index contributed by atoms with van der Waals surface area (Å²) < 4.78 is 0.876. The molecular weight excluding hydrogens is 225 g/mol. The normalized spacial score (nSPS) is 9.27. The van der Waals surface area contributed by atoms with Crippen molar-refractivity contribution in [2.75, 3.05) is 0 Å². The summed E-state index contributed by atoms with van der Waals surface area (Å²) in [7, 11) is 0. The summed E-state index contributed by atoms with van der Waals surface area (Å²) in [5.74, 6) is 0. The molecule has 0 fully saturated rings. The third-order valence-electron chi connectivity index (χ3n) is 1.41. The van der Waals surface area contributed by atoms with Crippen molar-refractivity contribution in [3.05, 3.63) is 32.8 Å². The standard InChI is InChI=1S/C8H5BrClN/c1-5-7(9)2-6(4-11)3-8(5)10/h2-3H,1H3. The molecule has 0 unspecified atom stereocenters. The highest BCUT2D eigenvalue weighted by Gasteiger charge is 2.01. The monoisotopic (exact) mass is 229 g/mol. The third kappa shape index (κ3) is 1.74. The maximum atomic E-state index is 8.55. The Hall–Kier alpha value is -0.520. The van der Waals surface area contributed by atoms with Gasteiger partial charge in [-0.25, -0.2) is 0 Å². The molecule has 0 spiro atoms. The fourth-order valence-electron chi connectivity index (χ4n) is 0.710. The van der Waals surface area contributed by atoms with Gasteiger partial charge in [0.05, 0.1) is 11.6 Å². The maximum Gasteiger partial charge on any atom is 0.0992 e. The number of rotatable bonds is 0. The lowest BCUT2D eigenvalue weighted by Gasteiger charge is -2.00. The van der Waals surface area contributed by atoms with E-state index in [1.165, 1.54) is 0 Å². The van der Waals surface area contributed by atoms with Gasteiger partial charge in [-0.1, -0.05) is 27.5 Å². The highest BCUT2D eigenvalue weighted by molar-refractivity contribution is 9.10. The molecule has 11 heavy (non-hydrogen) atoms. The van der Waals surface area contributed by atoms with Crippen LogP contribution >= 0.6 is 27.5 Å². The topological polar surface area (TPSA) is 23.8 Å². The van der Waals surface area contributed by atoms with Gasteiger partial charge in [0.1, 0.15) is 0 Å². The molecule has 0 aliphatic rings. The molecule has 0 saturated heterocycles. The second kappa shape index (κ2) is 3.25. The van der Waals surface area contributed by atoms with E-state index >= 15 is 0 Å². The van der Waals surface area contributed by atoms with Crippen molar-refractivity contribution >= 4 is 27.5 Å². The van der Waals surface area contributed by atoms with Crippen LogP contribution in [0.4, 0.5) is 0 Å². The zero-order valence-corrected chi connectivity index (χ0v) is 8.20. The predicted octanol–water partition coefficient (Wildman–Crippen LogP) is 3.28. The first-order valence-corrected chi connectivity index (χ1v) is 4.18. The molecule has 1 rings (SSSR count). The summed E-state index contributed by atoms with van der Waals surface area (Å²) in [6, 6.07) is 5.43. The smallest absolute Gasteiger partial charge is 0.0992 e. The minimum atomic E-state index is 0.576. The van der Waals surface area contributed by atoms with Gasteiger partial charge in [0.2, 0.25) is 0 Å². The average Bonchev–Trinajstić information content (AvgIpc) is 1.99. The Morgan fingerprint density at radius 2 is 2.18 bits per heavy atom. The number of halogens is 2. The second-order valence-corrected chi connectivity index (χ2v) is 3.44. The van der Waals surface area contributed by atoms with E-state index in [1.54, 1.807) is 12.1 Å². The predicted molar refractivity (Wildman–Crippen MR) is 48.6 cm³/mol. The fourth-order valence-corrected chi connectivity index (χ4v) is 1.50. The molecule has 1 aromatic carbocycles. The van der Waals surface area contributed by atoms with Gasteiger partial charge in [-0.05, 0) is 24.6 Å². The molecule has 0 aliphatic carbocycles. The number of hydrogen-bond donors (Lipinski definition) is 0. The molecule has 3 heteroatoms. The molecule has 1 aromatic rings. The number of hydrogen-bond acceptors (Lipinski definition) is 1. The Balaban J connectivity index is 3.35. The van der Waals surface area contributed by atoms with Crippen molar-refractivity contribution < 1.29 is 0 Å². The van der Waals surface area contributed by atoms with Crippen LogP contribution in [0, 0.1) is 18.3 Å². The molecule has 0 N–H and O–H groups in total. The van der Waals surface area contributed by atoms with E-state index in [9.17, 15) is 0 Å². The van der Waals surface area contributed by atoms with Gasteiger partial charge >= 0.3 is 0 Å². The first kappa shape index (κ1) is 8.58. The highest BCUT2D eigenvalue weighted by Crippen LogP contribution is 2.25. The van der Waals surface area contributed by atoms with Crippen molar-refractivity contribution in [2.45, 2.75) is 6.92 Å². The second-order valence-electron chi connectivity index (χ2n) is 2.18. The largest absolute Gasteiger partial charge is 0.192 e. The van der Waals surface area contributed by atoms with Crippen LogP contribution in [0.25, 0.3) is 0 Å². The van der Waals surface area contributed by atoms with Crippen LogP contribution < -0.4 is 0 Å². The summed E-state index contributed by atoms with van der Waals surface area (Å²) in [5.41, 5.74) is 1.54. The lowest BCUT2D eigenvalue weighted by atomic mass is 10.2. The van der Waals surface area contributed by atoms with Gasteiger partial charge in [-0.15, -0.1) is 0 Å². The van der Waals surface area contributed by atoms with Crippen LogP contribution in [0.15, 0.2) is 16.6 Å². The Morgan fingerprint density at radius 3 is 2.64 bits per heavy atom. The maximum absolute atomic E-state index is 8.55. The van der Waals surface area contributed by atoms with Gasteiger partial charge in [0, 0.05) is 9.50 Å². The first-order chi connectivity index (χ1) is 5.15. The van der Waals surface area contributed by atoms with Crippen molar-refractivity contribution in [3.8, 4) is 6.07 Å². The van der Waals surface area contributed by atoms with E-state index in [4.69, 9.17) is 16.9 Å². The van der Waals surface area contributed by atoms with Crippen LogP contribution in [0.5, 0.6) is 0 Å². The van der Waals surface area contributed by atoms with Crippen LogP contribution in [0.3, 0.4) is 0 Å². The Labute approximate surface area is 78.7 Å². The Bertz CT molecular complexity index is 304. The van der Waals surface area contributed by atoms with E-state index in [0.717, 1.165) is 10.0 Å². The van der Waals surface area contributed by atoms with E-state index < -0.39 is 0 Å². The van der Waals surface area contributed by atoms with Crippen LogP contribution in [-0.2, 0) is 0 Å². The van der Waals surface area contributed by atoms with Crippen molar-refractivity contribution in [1.82, 2.24) is 0 Å². The van der Waals surface area contributed by atoms with Crippen molar-refractivity contribution in [3.63, 3.8) is 0 Å². The third-order valence-corrected chi connectivity index (χ3v) is 2.63. The Kier molecular flexibility index (Phi) is 2.53. The molecule has 0 saturated carbocycles. The number of benzene rings is 1. The van der Waals surface area contributed by atoms with E-state index in [1.807, 2.05) is 13.0 Å². The molecule has 0 heterocycles. The zero-order valence-electron chi connectivity index (χ0n) is 5.86. The zero-order chi connectivity index (χ0) is 8.43. The molecule has 0 bridgehead atoms. The average molecular weight is 230 g/mol. The number of nitrogens with zero attached hydrogens (tertiary/aromatic N) is 1. The quantitative estimate of drug-likeness (QED) is 0.671. The molecule has 0 aliphatic heterocycles. The molecule has 0 amide bonds. The summed E-state index contributed by atoms with van der Waals surface area (Å²) >= 11 is 9.12. The summed E-state index contributed by atoms with van der Waals surface area (Å²) in [6.07, 6.45) is 0. The van der Waals surface area contributed by atoms with Crippen molar-refractivity contribution in [2.24, 2.45) is 0 Å². The summed E-state index contributed by atoms with van der Waals surface area (Å²) in [4.78, 5) is 0. The summed E-state index contributed by atoms with van der Waals surface area (Å²) in [6.45, 7) is 1.90. The first-order valence-electron chi connectivity index (χ1n) is 3.01. The van der Waals surface area contributed by atoms with E-state index in [0.29, 0.717) is 10.6 Å². The van der Waals surface area contributed by atoms with Gasteiger partial charge < -0.3 is 0 Å². The highest BCUT2D eigenvalue weighted by atomic mass is 79.9. The molecule has 0 aromatic heterocycles. The number of nitriles is 1. The Morgan fingerprint density at radius 1 is 1.55 bits per heavy atom. The van der Waals surface area contributed by atoms with Gasteiger partial charge in [-0.3, -0.25) is 0 Å². The fraction of sp³-hybridized carbons (Fsp3) is 0.125. The molecular formula is C8H5BrClN. The van der Waals surface area contributed by atoms with E-state index in [-0.39, 0.29) is 0 Å². The van der Waals surface area contributed by atoms with Crippen molar-refractivity contribution in [1.29, 1.82) is 5.26 Å². The summed E-state index contributed by atoms with van der Waals surface area (Å²) in [5, 5.41) is 9.17. The van der Waals surface area contributed by atoms with Crippen LogP contribution in [-0.4, -0.2) is 0 Å².